The first-order valence-corrected chi connectivity index (χ1v) is 16.9. The smallest absolute Gasteiger partial charge is 0.229 e. The van der Waals surface area contributed by atoms with Gasteiger partial charge < -0.3 is 9.52 Å². The van der Waals surface area contributed by atoms with Crippen LogP contribution in [0.15, 0.2) is 113 Å². The number of aromatic hydroxyl groups is 1. The van der Waals surface area contributed by atoms with Gasteiger partial charge in [0.25, 0.3) is 0 Å². The summed E-state index contributed by atoms with van der Waals surface area (Å²) in [6, 6.07) is 35.5. The Kier molecular flexibility index (Phi) is 8.87. The molecule has 0 unspecified atom stereocenters. The fourth-order valence-electron chi connectivity index (χ4n) is 6.04. The second kappa shape index (κ2) is 12.9. The molecule has 4 nitrogen and oxygen atoms in total. The Morgan fingerprint density at radius 2 is 1.40 bits per heavy atom. The standard InChI is InChI=1S/C44H46N2O2/c1-28(2)21-29-13-11-14-30(22-29)31-15-12-16-32(23-31)37-25-35(44(6,7)8)26-40-41(37)46-42(48-40)36-17-9-10-18-38(36)45-27-33-24-34(43(3,4)5)19-20-39(33)47/h9-20,22-28,47H,21H2,1-8H3. The zero-order valence-corrected chi connectivity index (χ0v) is 29.4. The molecule has 0 aliphatic rings. The number of benzene rings is 5. The summed E-state index contributed by atoms with van der Waals surface area (Å²) in [6.07, 6.45) is 2.77. The van der Waals surface area contributed by atoms with Gasteiger partial charge in [-0.05, 0) is 99.0 Å². The second-order valence-corrected chi connectivity index (χ2v) is 15.3. The quantitative estimate of drug-likeness (QED) is 0.178. The van der Waals surface area contributed by atoms with Crippen molar-refractivity contribution < 1.29 is 9.52 Å². The molecule has 1 heterocycles. The summed E-state index contributed by atoms with van der Waals surface area (Å²) in [4.78, 5) is 9.95. The zero-order chi connectivity index (χ0) is 34.2. The fraction of sp³-hybridized carbons (Fsp3) is 0.273. The molecular weight excluding hydrogens is 588 g/mol. The average molecular weight is 635 g/mol. The molecule has 6 rings (SSSR count). The van der Waals surface area contributed by atoms with E-state index in [1.165, 1.54) is 22.3 Å². The topological polar surface area (TPSA) is 58.6 Å². The van der Waals surface area contributed by atoms with Gasteiger partial charge in [0.2, 0.25) is 5.89 Å². The van der Waals surface area contributed by atoms with Crippen molar-refractivity contribution >= 4 is 23.0 Å². The van der Waals surface area contributed by atoms with Crippen LogP contribution in [0.25, 0.3) is 44.8 Å². The molecule has 0 radical (unpaired) electrons. The van der Waals surface area contributed by atoms with E-state index in [1.54, 1.807) is 12.3 Å². The largest absolute Gasteiger partial charge is 0.507 e. The maximum Gasteiger partial charge on any atom is 0.229 e. The van der Waals surface area contributed by atoms with Gasteiger partial charge in [-0.2, -0.15) is 0 Å². The molecule has 0 aliphatic heterocycles. The number of hydrogen-bond acceptors (Lipinski definition) is 4. The molecular formula is C44H46N2O2. The molecule has 0 spiro atoms. The third-order valence-corrected chi connectivity index (χ3v) is 8.81. The summed E-state index contributed by atoms with van der Waals surface area (Å²) in [5.74, 6) is 1.30. The van der Waals surface area contributed by atoms with Crippen molar-refractivity contribution in [2.24, 2.45) is 10.9 Å². The number of aliphatic imine (C=N–C) groups is 1. The predicted molar refractivity (Wildman–Crippen MR) is 202 cm³/mol. The van der Waals surface area contributed by atoms with Crippen LogP contribution in [0.4, 0.5) is 5.69 Å². The van der Waals surface area contributed by atoms with Crippen LogP contribution in [0, 0.1) is 5.92 Å². The predicted octanol–water partition coefficient (Wildman–Crippen LogP) is 12.1. The lowest BCUT2D eigenvalue weighted by molar-refractivity contribution is 0.473. The van der Waals surface area contributed by atoms with Crippen LogP contribution in [0.2, 0.25) is 0 Å². The molecule has 48 heavy (non-hydrogen) atoms. The van der Waals surface area contributed by atoms with Gasteiger partial charge in [-0.25, -0.2) is 4.98 Å². The first-order chi connectivity index (χ1) is 22.8. The maximum absolute atomic E-state index is 10.6. The second-order valence-electron chi connectivity index (χ2n) is 15.3. The van der Waals surface area contributed by atoms with Crippen molar-refractivity contribution in [2.75, 3.05) is 0 Å². The van der Waals surface area contributed by atoms with Gasteiger partial charge >= 0.3 is 0 Å². The van der Waals surface area contributed by atoms with Gasteiger partial charge in [0, 0.05) is 17.3 Å². The third-order valence-electron chi connectivity index (χ3n) is 8.81. The number of aromatic nitrogens is 1. The highest BCUT2D eigenvalue weighted by Crippen LogP contribution is 2.39. The minimum Gasteiger partial charge on any atom is -0.507 e. The van der Waals surface area contributed by atoms with Crippen LogP contribution in [0.5, 0.6) is 5.75 Å². The zero-order valence-electron chi connectivity index (χ0n) is 29.4. The van der Waals surface area contributed by atoms with E-state index >= 15 is 0 Å². The van der Waals surface area contributed by atoms with Crippen LogP contribution < -0.4 is 0 Å². The van der Waals surface area contributed by atoms with Gasteiger partial charge in [-0.15, -0.1) is 0 Å². The van der Waals surface area contributed by atoms with Crippen molar-refractivity contribution in [3.05, 3.63) is 125 Å². The van der Waals surface area contributed by atoms with Crippen LogP contribution in [0.3, 0.4) is 0 Å². The molecule has 1 N–H and O–H groups in total. The fourth-order valence-corrected chi connectivity index (χ4v) is 6.04. The van der Waals surface area contributed by atoms with Crippen molar-refractivity contribution in [3.63, 3.8) is 0 Å². The number of hydrogen-bond donors (Lipinski definition) is 1. The number of nitrogens with zero attached hydrogens (tertiary/aromatic N) is 2. The lowest BCUT2D eigenvalue weighted by atomic mass is 9.84. The maximum atomic E-state index is 10.6. The Labute approximate surface area is 285 Å². The molecule has 0 bridgehead atoms. The highest BCUT2D eigenvalue weighted by atomic mass is 16.3. The molecule has 1 aromatic heterocycles. The number of rotatable bonds is 7. The van der Waals surface area contributed by atoms with Crippen molar-refractivity contribution in [1.82, 2.24) is 4.98 Å². The number of phenols is 1. The molecule has 0 aliphatic carbocycles. The van der Waals surface area contributed by atoms with E-state index in [1.807, 2.05) is 36.4 Å². The molecule has 6 aromatic rings. The summed E-state index contributed by atoms with van der Waals surface area (Å²) in [7, 11) is 0. The molecule has 244 valence electrons. The minimum atomic E-state index is -0.0928. The van der Waals surface area contributed by atoms with Gasteiger partial charge in [0.1, 0.15) is 11.3 Å². The molecule has 0 saturated carbocycles. The van der Waals surface area contributed by atoms with Gasteiger partial charge in [-0.1, -0.05) is 116 Å². The van der Waals surface area contributed by atoms with E-state index in [0.717, 1.165) is 39.8 Å². The van der Waals surface area contributed by atoms with Gasteiger partial charge in [-0.3, -0.25) is 4.99 Å². The first-order valence-electron chi connectivity index (χ1n) is 16.9. The summed E-state index contributed by atoms with van der Waals surface area (Å²) in [5.41, 5.74) is 11.8. The monoisotopic (exact) mass is 634 g/mol. The Bertz CT molecular complexity index is 2120. The van der Waals surface area contributed by atoms with Crippen molar-refractivity contribution in [3.8, 4) is 39.5 Å². The van der Waals surface area contributed by atoms with Crippen LogP contribution in [-0.4, -0.2) is 16.3 Å². The highest BCUT2D eigenvalue weighted by molar-refractivity contribution is 5.95. The molecule has 0 fully saturated rings. The van der Waals surface area contributed by atoms with Crippen molar-refractivity contribution in [2.45, 2.75) is 72.6 Å². The molecule has 0 saturated heterocycles. The molecule has 0 atom stereocenters. The third kappa shape index (κ3) is 7.13. The number of phenolic OH excluding ortho intramolecular Hbond substituents is 1. The SMILES string of the molecule is CC(C)Cc1cccc(-c2cccc(-c3cc(C(C)(C)C)cc4oc(-c5ccccc5N=Cc5cc(C(C)(C)C)ccc5O)nc34)c2)c1. The lowest BCUT2D eigenvalue weighted by Crippen LogP contribution is -2.11. The molecule has 5 aromatic carbocycles. The number of oxazole rings is 1. The molecule has 4 heteroatoms. The van der Waals surface area contributed by atoms with E-state index in [2.05, 4.69) is 116 Å². The summed E-state index contributed by atoms with van der Waals surface area (Å²) in [6.45, 7) is 17.7. The normalized spacial score (nSPS) is 12.4. The summed E-state index contributed by atoms with van der Waals surface area (Å²) in [5, 5.41) is 10.6. The van der Waals surface area contributed by atoms with Gasteiger partial charge in [0.05, 0.1) is 11.3 Å². The van der Waals surface area contributed by atoms with Crippen molar-refractivity contribution in [1.29, 1.82) is 0 Å². The van der Waals surface area contributed by atoms with Crippen LogP contribution >= 0.6 is 0 Å². The van der Waals surface area contributed by atoms with Crippen LogP contribution in [-0.2, 0) is 17.3 Å². The first kappa shape index (κ1) is 33.0. The average Bonchev–Trinajstić information content (AvgIpc) is 3.47. The van der Waals surface area contributed by atoms with E-state index in [9.17, 15) is 5.11 Å². The molecule has 0 amide bonds. The Hall–Kier alpha value is -4.96. The summed E-state index contributed by atoms with van der Waals surface area (Å²) < 4.78 is 6.57. The van der Waals surface area contributed by atoms with Crippen LogP contribution in [0.1, 0.15) is 77.6 Å². The minimum absolute atomic E-state index is 0.0483. The Balaban J connectivity index is 1.45. The number of fused-ring (bicyclic) bond motifs is 1. The lowest BCUT2D eigenvalue weighted by Gasteiger charge is -2.20. The van der Waals surface area contributed by atoms with Gasteiger partial charge in [0.15, 0.2) is 5.58 Å². The van der Waals surface area contributed by atoms with E-state index in [-0.39, 0.29) is 16.6 Å². The highest BCUT2D eigenvalue weighted by Gasteiger charge is 2.22. The Morgan fingerprint density at radius 3 is 2.12 bits per heavy atom. The number of para-hydroxylation sites is 1. The summed E-state index contributed by atoms with van der Waals surface area (Å²) >= 11 is 0. The van der Waals surface area contributed by atoms with E-state index in [0.29, 0.717) is 23.1 Å². The van der Waals surface area contributed by atoms with E-state index < -0.39 is 0 Å². The van der Waals surface area contributed by atoms with E-state index in [4.69, 9.17) is 14.4 Å². The Morgan fingerprint density at radius 1 is 0.708 bits per heavy atom.